The van der Waals surface area contributed by atoms with Crippen LogP contribution in [0.1, 0.15) is 5.56 Å². The minimum atomic E-state index is -4.74. The van der Waals surface area contributed by atoms with Crippen molar-refractivity contribution >= 4 is 11.6 Å². The lowest BCUT2D eigenvalue weighted by Gasteiger charge is -2.11. The summed E-state index contributed by atoms with van der Waals surface area (Å²) < 4.78 is 40.2. The number of halogens is 3. The normalized spacial score (nSPS) is 10.9. The second-order valence-electron chi connectivity index (χ2n) is 4.69. The highest BCUT2D eigenvalue weighted by atomic mass is 19.4. The van der Waals surface area contributed by atoms with Gasteiger partial charge in [0.2, 0.25) is 5.91 Å². The van der Waals surface area contributed by atoms with Crippen LogP contribution < -0.4 is 15.4 Å². The maximum Gasteiger partial charge on any atom is 0.573 e. The number of anilines is 1. The van der Waals surface area contributed by atoms with Gasteiger partial charge < -0.3 is 15.4 Å². The van der Waals surface area contributed by atoms with E-state index in [9.17, 15) is 18.0 Å². The molecule has 2 aromatic carbocycles. The third-order valence-corrected chi connectivity index (χ3v) is 2.85. The number of nitrogens with one attached hydrogen (secondary N) is 2. The molecule has 0 heterocycles. The van der Waals surface area contributed by atoms with Crippen LogP contribution >= 0.6 is 0 Å². The van der Waals surface area contributed by atoms with Crippen LogP contribution in [0.15, 0.2) is 54.6 Å². The summed E-state index contributed by atoms with van der Waals surface area (Å²) in [4.78, 5) is 11.7. The molecule has 2 N–H and O–H groups in total. The SMILES string of the molecule is O=C(CNc1cccc(OC(F)(F)F)c1)NCc1ccccc1. The topological polar surface area (TPSA) is 50.4 Å². The summed E-state index contributed by atoms with van der Waals surface area (Å²) in [6.45, 7) is 0.334. The molecule has 0 bridgehead atoms. The van der Waals surface area contributed by atoms with Crippen molar-refractivity contribution in [2.75, 3.05) is 11.9 Å². The Kier molecular flexibility index (Phi) is 5.46. The van der Waals surface area contributed by atoms with Gasteiger partial charge in [-0.15, -0.1) is 13.2 Å². The smallest absolute Gasteiger partial charge is 0.406 e. The van der Waals surface area contributed by atoms with Crippen molar-refractivity contribution in [1.29, 1.82) is 0 Å². The van der Waals surface area contributed by atoms with E-state index in [0.717, 1.165) is 5.56 Å². The third-order valence-electron chi connectivity index (χ3n) is 2.85. The van der Waals surface area contributed by atoms with Gasteiger partial charge in [-0.05, 0) is 17.7 Å². The fourth-order valence-corrected chi connectivity index (χ4v) is 1.84. The van der Waals surface area contributed by atoms with Crippen LogP contribution in [-0.4, -0.2) is 18.8 Å². The van der Waals surface area contributed by atoms with Gasteiger partial charge in [0, 0.05) is 18.3 Å². The lowest BCUT2D eigenvalue weighted by molar-refractivity contribution is -0.274. The predicted molar refractivity (Wildman–Crippen MR) is 79.9 cm³/mol. The molecule has 0 unspecified atom stereocenters. The molecule has 0 spiro atoms. The lowest BCUT2D eigenvalue weighted by Crippen LogP contribution is -2.29. The van der Waals surface area contributed by atoms with Crippen molar-refractivity contribution in [2.24, 2.45) is 0 Å². The number of benzene rings is 2. The summed E-state index contributed by atoms with van der Waals surface area (Å²) in [6.07, 6.45) is -4.74. The monoisotopic (exact) mass is 324 g/mol. The first-order chi connectivity index (χ1) is 10.9. The van der Waals surface area contributed by atoms with E-state index >= 15 is 0 Å². The van der Waals surface area contributed by atoms with E-state index in [4.69, 9.17) is 0 Å². The number of rotatable bonds is 6. The second kappa shape index (κ2) is 7.53. The maximum absolute atomic E-state index is 12.1. The van der Waals surface area contributed by atoms with E-state index in [-0.39, 0.29) is 18.2 Å². The number of carbonyl (C=O) groups is 1. The van der Waals surface area contributed by atoms with Crippen molar-refractivity contribution in [3.63, 3.8) is 0 Å². The zero-order valence-corrected chi connectivity index (χ0v) is 12.1. The highest BCUT2D eigenvalue weighted by molar-refractivity contribution is 5.80. The fourth-order valence-electron chi connectivity index (χ4n) is 1.84. The Balaban J connectivity index is 1.81. The number of hydrogen-bond donors (Lipinski definition) is 2. The van der Waals surface area contributed by atoms with Crippen molar-refractivity contribution in [3.05, 3.63) is 60.2 Å². The van der Waals surface area contributed by atoms with Crippen LogP contribution in [0, 0.1) is 0 Å². The molecule has 1 amide bonds. The molecule has 23 heavy (non-hydrogen) atoms. The molecule has 0 saturated carbocycles. The van der Waals surface area contributed by atoms with E-state index in [1.165, 1.54) is 18.2 Å². The van der Waals surface area contributed by atoms with Crippen molar-refractivity contribution < 1.29 is 22.7 Å². The summed E-state index contributed by atoms with van der Waals surface area (Å²) in [5.74, 6) is -0.608. The van der Waals surface area contributed by atoms with E-state index in [0.29, 0.717) is 12.2 Å². The zero-order chi connectivity index (χ0) is 16.7. The van der Waals surface area contributed by atoms with Gasteiger partial charge in [-0.1, -0.05) is 36.4 Å². The molecule has 2 rings (SSSR count). The van der Waals surface area contributed by atoms with Gasteiger partial charge in [0.15, 0.2) is 0 Å². The van der Waals surface area contributed by atoms with Crippen LogP contribution in [0.4, 0.5) is 18.9 Å². The van der Waals surface area contributed by atoms with E-state index in [2.05, 4.69) is 15.4 Å². The summed E-state index contributed by atoms with van der Waals surface area (Å²) in [5.41, 5.74) is 1.32. The van der Waals surface area contributed by atoms with Gasteiger partial charge in [-0.2, -0.15) is 0 Å². The maximum atomic E-state index is 12.1. The molecule has 0 fully saturated rings. The van der Waals surface area contributed by atoms with Crippen LogP contribution in [0.25, 0.3) is 0 Å². The van der Waals surface area contributed by atoms with Crippen molar-refractivity contribution in [3.8, 4) is 5.75 Å². The quantitative estimate of drug-likeness (QED) is 0.857. The Bertz CT molecular complexity index is 645. The van der Waals surface area contributed by atoms with Gasteiger partial charge in [-0.3, -0.25) is 4.79 Å². The van der Waals surface area contributed by atoms with Crippen LogP contribution in [0.5, 0.6) is 5.75 Å². The number of ether oxygens (including phenoxy) is 1. The second-order valence-corrected chi connectivity index (χ2v) is 4.69. The first-order valence-electron chi connectivity index (χ1n) is 6.83. The van der Waals surface area contributed by atoms with Crippen LogP contribution in [0.3, 0.4) is 0 Å². The standard InChI is InChI=1S/C16H15F3N2O2/c17-16(18,19)23-14-8-4-7-13(9-14)20-11-15(22)21-10-12-5-2-1-3-6-12/h1-9,20H,10-11H2,(H,21,22). The summed E-state index contributed by atoms with van der Waals surface area (Å²) in [7, 11) is 0. The van der Waals surface area contributed by atoms with E-state index < -0.39 is 6.36 Å². The molecule has 0 aromatic heterocycles. The molecule has 2 aromatic rings. The van der Waals surface area contributed by atoms with Gasteiger partial charge in [0.05, 0.1) is 6.54 Å². The summed E-state index contributed by atoms with van der Waals surface area (Å²) in [6, 6.07) is 14.7. The highest BCUT2D eigenvalue weighted by Crippen LogP contribution is 2.24. The van der Waals surface area contributed by atoms with Crippen LogP contribution in [-0.2, 0) is 11.3 Å². The number of carbonyl (C=O) groups excluding carboxylic acids is 1. The average molecular weight is 324 g/mol. The van der Waals surface area contributed by atoms with E-state index in [1.54, 1.807) is 6.07 Å². The molecule has 0 saturated heterocycles. The number of amides is 1. The Morgan fingerprint density at radius 3 is 2.48 bits per heavy atom. The average Bonchev–Trinajstić information content (AvgIpc) is 2.51. The summed E-state index contributed by atoms with van der Waals surface area (Å²) in [5, 5.41) is 5.46. The first kappa shape index (κ1) is 16.7. The number of alkyl halides is 3. The van der Waals surface area contributed by atoms with E-state index in [1.807, 2.05) is 30.3 Å². The van der Waals surface area contributed by atoms with Gasteiger partial charge in [0.25, 0.3) is 0 Å². The molecule has 0 aliphatic carbocycles. The molecular formula is C16H15F3N2O2. The first-order valence-corrected chi connectivity index (χ1v) is 6.83. The molecule has 0 aliphatic rings. The highest BCUT2D eigenvalue weighted by Gasteiger charge is 2.31. The molecule has 4 nitrogen and oxygen atoms in total. The molecule has 7 heteroatoms. The molecular weight excluding hydrogens is 309 g/mol. The minimum Gasteiger partial charge on any atom is -0.406 e. The van der Waals surface area contributed by atoms with Crippen molar-refractivity contribution in [2.45, 2.75) is 12.9 Å². The van der Waals surface area contributed by atoms with Crippen LogP contribution in [0.2, 0.25) is 0 Å². The minimum absolute atomic E-state index is 0.0533. The van der Waals surface area contributed by atoms with Gasteiger partial charge in [0.1, 0.15) is 5.75 Å². The predicted octanol–water partition coefficient (Wildman–Crippen LogP) is 3.31. The van der Waals surface area contributed by atoms with Crippen molar-refractivity contribution in [1.82, 2.24) is 5.32 Å². The molecule has 122 valence electrons. The molecule has 0 aliphatic heterocycles. The molecule has 0 radical (unpaired) electrons. The largest absolute Gasteiger partial charge is 0.573 e. The molecule has 0 atom stereocenters. The van der Waals surface area contributed by atoms with Gasteiger partial charge in [-0.25, -0.2) is 0 Å². The number of hydrogen-bond acceptors (Lipinski definition) is 3. The summed E-state index contributed by atoms with van der Waals surface area (Å²) >= 11 is 0. The zero-order valence-electron chi connectivity index (χ0n) is 12.1. The Morgan fingerprint density at radius 2 is 1.78 bits per heavy atom. The Labute approximate surface area is 131 Å². The third kappa shape index (κ3) is 6.29. The Morgan fingerprint density at radius 1 is 1.04 bits per heavy atom. The lowest BCUT2D eigenvalue weighted by atomic mass is 10.2. The Hall–Kier alpha value is -2.70. The van der Waals surface area contributed by atoms with Gasteiger partial charge >= 0.3 is 6.36 Å². The fraction of sp³-hybridized carbons (Fsp3) is 0.188.